The molecule has 0 heterocycles. The third-order valence-electron chi connectivity index (χ3n) is 2.21. The first-order chi connectivity index (χ1) is 5.11. The highest BCUT2D eigenvalue weighted by atomic mass is 16.4. The van der Waals surface area contributed by atoms with Gasteiger partial charge in [-0.15, -0.1) is 0 Å². The zero-order chi connectivity index (χ0) is 8.43. The summed E-state index contributed by atoms with van der Waals surface area (Å²) in [6.07, 6.45) is 2.70. The molecule has 1 saturated carbocycles. The monoisotopic (exact) mass is 157 g/mol. The second-order valence-corrected chi connectivity index (χ2v) is 3.47. The molecule has 0 radical (unpaired) electrons. The van der Waals surface area contributed by atoms with Crippen LogP contribution in [0, 0.1) is 5.92 Å². The van der Waals surface area contributed by atoms with Gasteiger partial charge >= 0.3 is 5.97 Å². The van der Waals surface area contributed by atoms with Gasteiger partial charge in [-0.1, -0.05) is 0 Å². The maximum atomic E-state index is 10.4. The first-order valence-electron chi connectivity index (χ1n) is 3.99. The van der Waals surface area contributed by atoms with Crippen LogP contribution in [0.4, 0.5) is 0 Å². The number of carboxylic acids is 1. The molecule has 3 nitrogen and oxygen atoms in total. The number of hydrogen-bond acceptors (Lipinski definition) is 2. The van der Waals surface area contributed by atoms with E-state index in [1.807, 2.05) is 19.0 Å². The molecule has 1 aliphatic carbocycles. The summed E-state index contributed by atoms with van der Waals surface area (Å²) < 4.78 is 0. The third-order valence-corrected chi connectivity index (χ3v) is 2.21. The topological polar surface area (TPSA) is 40.5 Å². The summed E-state index contributed by atoms with van der Waals surface area (Å²) in [7, 11) is 3.90. The normalized spacial score (nSPS) is 20.3. The minimum absolute atomic E-state index is 0.257. The summed E-state index contributed by atoms with van der Waals surface area (Å²) >= 11 is 0. The van der Waals surface area contributed by atoms with Crippen LogP contribution >= 0.6 is 0 Å². The lowest BCUT2D eigenvalue weighted by Gasteiger charge is -2.21. The lowest BCUT2D eigenvalue weighted by Crippen LogP contribution is -2.32. The Bertz CT molecular complexity index is 150. The Morgan fingerprint density at radius 1 is 1.64 bits per heavy atom. The molecule has 0 bridgehead atoms. The van der Waals surface area contributed by atoms with Gasteiger partial charge in [0.25, 0.3) is 0 Å². The van der Waals surface area contributed by atoms with Crippen LogP contribution in [-0.2, 0) is 4.79 Å². The van der Waals surface area contributed by atoms with Crippen molar-refractivity contribution in [3.63, 3.8) is 0 Å². The van der Waals surface area contributed by atoms with Crippen molar-refractivity contribution in [2.24, 2.45) is 5.92 Å². The number of carboxylic acid groups (broad SMARTS) is 1. The number of carbonyl (C=O) groups is 1. The predicted octanol–water partition coefficient (Wildman–Crippen LogP) is 0.801. The van der Waals surface area contributed by atoms with E-state index < -0.39 is 5.97 Å². The van der Waals surface area contributed by atoms with Gasteiger partial charge < -0.3 is 10.0 Å². The van der Waals surface area contributed by atoms with E-state index in [0.29, 0.717) is 5.92 Å². The Labute approximate surface area is 67.0 Å². The first kappa shape index (κ1) is 8.53. The molecule has 0 aromatic carbocycles. The van der Waals surface area contributed by atoms with Gasteiger partial charge in [-0.2, -0.15) is 0 Å². The van der Waals surface area contributed by atoms with Gasteiger partial charge in [-0.25, -0.2) is 0 Å². The molecule has 0 aromatic rings. The summed E-state index contributed by atoms with van der Waals surface area (Å²) in [5.41, 5.74) is 0. The minimum atomic E-state index is -0.685. The van der Waals surface area contributed by atoms with Crippen LogP contribution in [0.15, 0.2) is 0 Å². The molecule has 0 amide bonds. The first-order valence-corrected chi connectivity index (χ1v) is 3.99. The van der Waals surface area contributed by atoms with E-state index in [-0.39, 0.29) is 12.5 Å². The summed E-state index contributed by atoms with van der Waals surface area (Å²) in [6, 6.07) is 0.257. The largest absolute Gasteiger partial charge is 0.481 e. The molecule has 1 atom stereocenters. The molecule has 0 aromatic heterocycles. The molecular weight excluding hydrogens is 142 g/mol. The van der Waals surface area contributed by atoms with E-state index in [2.05, 4.69) is 0 Å². The Morgan fingerprint density at radius 2 is 2.18 bits per heavy atom. The van der Waals surface area contributed by atoms with Gasteiger partial charge in [-0.3, -0.25) is 4.79 Å². The molecule has 11 heavy (non-hydrogen) atoms. The molecule has 3 heteroatoms. The highest BCUT2D eigenvalue weighted by Gasteiger charge is 2.33. The van der Waals surface area contributed by atoms with Gasteiger partial charge in [0.15, 0.2) is 0 Å². The van der Waals surface area contributed by atoms with Crippen molar-refractivity contribution < 1.29 is 9.90 Å². The Kier molecular flexibility index (Phi) is 2.49. The summed E-state index contributed by atoms with van der Waals surface area (Å²) in [6.45, 7) is 0. The second kappa shape index (κ2) is 3.22. The van der Waals surface area contributed by atoms with Crippen LogP contribution in [-0.4, -0.2) is 36.1 Å². The Morgan fingerprint density at radius 3 is 2.45 bits per heavy atom. The predicted molar refractivity (Wildman–Crippen MR) is 42.5 cm³/mol. The van der Waals surface area contributed by atoms with Crippen molar-refractivity contribution in [2.75, 3.05) is 14.1 Å². The van der Waals surface area contributed by atoms with Gasteiger partial charge in [0.1, 0.15) is 0 Å². The summed E-state index contributed by atoms with van der Waals surface area (Å²) in [4.78, 5) is 12.4. The number of hydrogen-bond donors (Lipinski definition) is 1. The lowest BCUT2D eigenvalue weighted by molar-refractivity contribution is -0.138. The minimum Gasteiger partial charge on any atom is -0.481 e. The quantitative estimate of drug-likeness (QED) is 0.656. The summed E-state index contributed by atoms with van der Waals surface area (Å²) in [5.74, 6) is -0.0447. The number of nitrogens with zero attached hydrogens (tertiary/aromatic N) is 1. The fourth-order valence-electron chi connectivity index (χ4n) is 1.43. The maximum Gasteiger partial charge on any atom is 0.304 e. The van der Waals surface area contributed by atoms with Crippen LogP contribution in [0.5, 0.6) is 0 Å². The van der Waals surface area contributed by atoms with Crippen LogP contribution in [0.1, 0.15) is 19.3 Å². The molecule has 0 spiro atoms. The molecule has 1 N–H and O–H groups in total. The second-order valence-electron chi connectivity index (χ2n) is 3.47. The van der Waals surface area contributed by atoms with E-state index >= 15 is 0 Å². The summed E-state index contributed by atoms with van der Waals surface area (Å²) in [5, 5.41) is 8.58. The van der Waals surface area contributed by atoms with Crippen LogP contribution in [0.2, 0.25) is 0 Å². The van der Waals surface area contributed by atoms with Crippen molar-refractivity contribution in [3.8, 4) is 0 Å². The smallest absolute Gasteiger partial charge is 0.304 e. The average molecular weight is 157 g/mol. The third kappa shape index (κ3) is 2.50. The van der Waals surface area contributed by atoms with E-state index in [9.17, 15) is 4.79 Å². The molecule has 1 aliphatic rings. The van der Waals surface area contributed by atoms with Gasteiger partial charge in [-0.05, 0) is 32.9 Å². The average Bonchev–Trinajstić information content (AvgIpc) is 2.63. The Balaban J connectivity index is 2.38. The van der Waals surface area contributed by atoms with Gasteiger partial charge in [0.2, 0.25) is 0 Å². The molecule has 1 rings (SSSR count). The van der Waals surface area contributed by atoms with Crippen LogP contribution in [0.3, 0.4) is 0 Å². The zero-order valence-corrected chi connectivity index (χ0v) is 7.08. The molecule has 0 saturated heterocycles. The van der Waals surface area contributed by atoms with Gasteiger partial charge in [0, 0.05) is 6.04 Å². The number of rotatable bonds is 4. The van der Waals surface area contributed by atoms with Gasteiger partial charge in [0.05, 0.1) is 6.42 Å². The van der Waals surface area contributed by atoms with Crippen molar-refractivity contribution in [1.29, 1.82) is 0 Å². The lowest BCUT2D eigenvalue weighted by atomic mass is 10.1. The highest BCUT2D eigenvalue weighted by Crippen LogP contribution is 2.35. The molecule has 0 aliphatic heterocycles. The van der Waals surface area contributed by atoms with E-state index in [1.165, 1.54) is 12.8 Å². The number of aliphatic carboxylic acids is 1. The standard InChI is InChI=1S/C8H15NO2/c1-9(2)7(5-8(10)11)6-3-4-6/h6-7H,3-5H2,1-2H3,(H,10,11). The highest BCUT2D eigenvalue weighted by molar-refractivity contribution is 5.67. The molecular formula is C8H15NO2. The zero-order valence-electron chi connectivity index (χ0n) is 7.08. The fourth-order valence-corrected chi connectivity index (χ4v) is 1.43. The molecule has 1 fully saturated rings. The van der Waals surface area contributed by atoms with Crippen molar-refractivity contribution in [3.05, 3.63) is 0 Å². The Hall–Kier alpha value is -0.570. The molecule has 64 valence electrons. The van der Waals surface area contributed by atoms with Crippen LogP contribution < -0.4 is 0 Å². The van der Waals surface area contributed by atoms with E-state index in [0.717, 1.165) is 0 Å². The fraction of sp³-hybridized carbons (Fsp3) is 0.875. The van der Waals surface area contributed by atoms with Crippen molar-refractivity contribution in [1.82, 2.24) is 4.90 Å². The maximum absolute atomic E-state index is 10.4. The molecule has 1 unspecified atom stereocenters. The van der Waals surface area contributed by atoms with Crippen LogP contribution in [0.25, 0.3) is 0 Å². The SMILES string of the molecule is CN(C)C(CC(=O)O)C1CC1. The van der Waals surface area contributed by atoms with E-state index in [4.69, 9.17) is 5.11 Å². The van der Waals surface area contributed by atoms with E-state index in [1.54, 1.807) is 0 Å². The van der Waals surface area contributed by atoms with Crippen molar-refractivity contribution >= 4 is 5.97 Å². The van der Waals surface area contributed by atoms with Crippen molar-refractivity contribution in [2.45, 2.75) is 25.3 Å².